The highest BCUT2D eigenvalue weighted by atomic mass is 35.5. The summed E-state index contributed by atoms with van der Waals surface area (Å²) < 4.78 is 7.05. The number of carbonyl (C=O) groups is 2. The van der Waals surface area contributed by atoms with E-state index in [1.807, 2.05) is 4.57 Å². The van der Waals surface area contributed by atoms with Crippen LogP contribution < -0.4 is 4.74 Å². The van der Waals surface area contributed by atoms with Crippen molar-refractivity contribution in [3.63, 3.8) is 0 Å². The van der Waals surface area contributed by atoms with Gasteiger partial charge in [-0.3, -0.25) is 9.59 Å². The zero-order valence-corrected chi connectivity index (χ0v) is 14.1. The Balaban J connectivity index is 2.03. The number of rotatable bonds is 5. The van der Waals surface area contributed by atoms with E-state index in [0.717, 1.165) is 18.5 Å². The molecule has 23 heavy (non-hydrogen) atoms. The minimum absolute atomic E-state index is 0.195. The first-order valence-electron chi connectivity index (χ1n) is 7.44. The van der Waals surface area contributed by atoms with Crippen molar-refractivity contribution in [3.05, 3.63) is 51.3 Å². The normalized spacial score (nSPS) is 13.1. The smallest absolute Gasteiger partial charge is 0.317 e. The van der Waals surface area contributed by atoms with E-state index in [1.165, 1.54) is 0 Å². The molecule has 120 valence electrons. The van der Waals surface area contributed by atoms with Gasteiger partial charge < -0.3 is 9.30 Å². The van der Waals surface area contributed by atoms with E-state index in [1.54, 1.807) is 24.3 Å². The number of hydrogen-bond acceptors (Lipinski definition) is 3. The maximum atomic E-state index is 12.9. The maximum Gasteiger partial charge on any atom is 0.317 e. The van der Waals surface area contributed by atoms with E-state index >= 15 is 0 Å². The molecular formula is C17H15Cl2NO3. The molecule has 1 aliphatic rings. The summed E-state index contributed by atoms with van der Waals surface area (Å²) in [6.45, 7) is 2.73. The lowest BCUT2D eigenvalue weighted by Gasteiger charge is -2.11. The molecule has 0 radical (unpaired) electrons. The molecule has 1 aliphatic heterocycles. The molecular weight excluding hydrogens is 337 g/mol. The quantitative estimate of drug-likeness (QED) is 0.596. The number of fused-ring (bicyclic) bond motifs is 1. The van der Waals surface area contributed by atoms with Crippen LogP contribution in [0.15, 0.2) is 24.3 Å². The Kier molecular flexibility index (Phi) is 4.46. The third kappa shape index (κ3) is 3.01. The lowest BCUT2D eigenvalue weighted by atomic mass is 10.1. The van der Waals surface area contributed by atoms with Crippen molar-refractivity contribution in [1.82, 2.24) is 4.57 Å². The molecule has 6 heteroatoms. The summed E-state index contributed by atoms with van der Waals surface area (Å²) >= 11 is 12.0. The van der Waals surface area contributed by atoms with Gasteiger partial charge in [-0.1, -0.05) is 36.5 Å². The predicted octanol–water partition coefficient (Wildman–Crippen LogP) is 4.29. The maximum absolute atomic E-state index is 12.9. The second-order valence-corrected chi connectivity index (χ2v) is 6.29. The topological polar surface area (TPSA) is 48.3 Å². The number of carbonyl (C=O) groups excluding carboxylic acids is 2. The average molecular weight is 352 g/mol. The summed E-state index contributed by atoms with van der Waals surface area (Å²) in [5.74, 6) is -0.0171. The van der Waals surface area contributed by atoms with E-state index in [-0.39, 0.29) is 18.2 Å². The molecule has 0 fully saturated rings. The van der Waals surface area contributed by atoms with Crippen molar-refractivity contribution in [1.29, 1.82) is 0 Å². The van der Waals surface area contributed by atoms with E-state index < -0.39 is 0 Å². The van der Waals surface area contributed by atoms with Crippen LogP contribution in [0.25, 0.3) is 0 Å². The fraction of sp³-hybridized carbons (Fsp3) is 0.294. The Bertz CT molecular complexity index is 795. The van der Waals surface area contributed by atoms with Crippen LogP contribution in [-0.4, -0.2) is 16.3 Å². The van der Waals surface area contributed by atoms with E-state index in [4.69, 9.17) is 27.9 Å². The van der Waals surface area contributed by atoms with Gasteiger partial charge in [0.1, 0.15) is 0 Å². The molecule has 0 N–H and O–H groups in total. The Morgan fingerprint density at radius 3 is 2.78 bits per heavy atom. The summed E-state index contributed by atoms with van der Waals surface area (Å²) in [5, 5.41) is 0.784. The predicted molar refractivity (Wildman–Crippen MR) is 88.6 cm³/mol. The minimum atomic E-state index is -0.288. The van der Waals surface area contributed by atoms with Gasteiger partial charge in [0, 0.05) is 23.2 Å². The first-order chi connectivity index (χ1) is 11.0. The molecule has 4 nitrogen and oxygen atoms in total. The van der Waals surface area contributed by atoms with Crippen LogP contribution in [0.3, 0.4) is 0 Å². The minimum Gasteiger partial charge on any atom is -0.424 e. The first kappa shape index (κ1) is 16.1. The molecule has 1 aromatic heterocycles. The fourth-order valence-electron chi connectivity index (χ4n) is 2.70. The highest BCUT2D eigenvalue weighted by Gasteiger charge is 2.30. The van der Waals surface area contributed by atoms with E-state index in [9.17, 15) is 9.59 Å². The molecule has 0 amide bonds. The van der Waals surface area contributed by atoms with Gasteiger partial charge in [-0.05, 0) is 24.6 Å². The van der Waals surface area contributed by atoms with Crippen LogP contribution in [0, 0.1) is 0 Å². The van der Waals surface area contributed by atoms with Crippen molar-refractivity contribution < 1.29 is 14.3 Å². The summed E-state index contributed by atoms with van der Waals surface area (Å²) in [6, 6.07) is 6.42. The van der Waals surface area contributed by atoms with Gasteiger partial charge in [0.05, 0.1) is 22.8 Å². The summed E-state index contributed by atoms with van der Waals surface area (Å²) in [7, 11) is 0. The molecule has 0 bridgehead atoms. The number of ether oxygens (including phenoxy) is 1. The summed E-state index contributed by atoms with van der Waals surface area (Å²) in [4.78, 5) is 24.3. The van der Waals surface area contributed by atoms with Crippen LogP contribution in [0.4, 0.5) is 0 Å². The van der Waals surface area contributed by atoms with Crippen LogP contribution in [0.2, 0.25) is 10.0 Å². The molecule has 0 unspecified atom stereocenters. The number of esters is 1. The van der Waals surface area contributed by atoms with Gasteiger partial charge in [-0.2, -0.15) is 0 Å². The molecule has 2 heterocycles. The fourth-order valence-corrected chi connectivity index (χ4v) is 3.20. The standard InChI is InChI=1S/C17H15Cl2NO3/c1-2-3-6-20-13-9-16(21)23-15(13)8-14(20)17(22)11-5-4-10(18)7-12(11)19/h4-5,7-8H,2-3,6,9H2,1H3. The zero-order chi connectivity index (χ0) is 16.6. The lowest BCUT2D eigenvalue weighted by molar-refractivity contribution is -0.131. The Morgan fingerprint density at radius 2 is 2.09 bits per heavy atom. The molecule has 0 aliphatic carbocycles. The van der Waals surface area contributed by atoms with Gasteiger partial charge in [-0.15, -0.1) is 0 Å². The second-order valence-electron chi connectivity index (χ2n) is 5.45. The van der Waals surface area contributed by atoms with Crippen molar-refractivity contribution in [2.75, 3.05) is 0 Å². The number of nitrogens with zero attached hydrogens (tertiary/aromatic N) is 1. The number of hydrogen-bond donors (Lipinski definition) is 0. The Labute approximate surface area is 143 Å². The Morgan fingerprint density at radius 1 is 1.30 bits per heavy atom. The average Bonchev–Trinajstić information content (AvgIpc) is 3.01. The molecule has 0 saturated heterocycles. The van der Waals surface area contributed by atoms with Gasteiger partial charge in [0.25, 0.3) is 0 Å². The first-order valence-corrected chi connectivity index (χ1v) is 8.19. The number of benzene rings is 1. The molecule has 3 rings (SSSR count). The Hall–Kier alpha value is -1.78. The van der Waals surface area contributed by atoms with Crippen LogP contribution >= 0.6 is 23.2 Å². The van der Waals surface area contributed by atoms with E-state index in [0.29, 0.717) is 33.6 Å². The molecule has 2 aromatic rings. The molecule has 0 saturated carbocycles. The highest BCUT2D eigenvalue weighted by molar-refractivity contribution is 6.37. The molecule has 1 aromatic carbocycles. The number of aromatic nitrogens is 1. The van der Waals surface area contributed by atoms with Crippen LogP contribution in [-0.2, 0) is 17.8 Å². The van der Waals surface area contributed by atoms with Gasteiger partial charge in [0.2, 0.25) is 5.78 Å². The molecule has 0 spiro atoms. The van der Waals surface area contributed by atoms with Crippen molar-refractivity contribution >= 4 is 35.0 Å². The van der Waals surface area contributed by atoms with E-state index in [2.05, 4.69) is 6.92 Å². The number of unbranched alkanes of at least 4 members (excludes halogenated alkanes) is 1. The summed E-state index contributed by atoms with van der Waals surface area (Å²) in [6.07, 6.45) is 2.09. The van der Waals surface area contributed by atoms with Crippen LogP contribution in [0.1, 0.15) is 41.5 Å². The largest absolute Gasteiger partial charge is 0.424 e. The second kappa shape index (κ2) is 6.38. The third-order valence-corrected chi connectivity index (χ3v) is 4.40. The zero-order valence-electron chi connectivity index (χ0n) is 12.6. The van der Waals surface area contributed by atoms with Crippen molar-refractivity contribution in [3.8, 4) is 5.75 Å². The third-order valence-electron chi connectivity index (χ3n) is 3.85. The van der Waals surface area contributed by atoms with Gasteiger partial charge in [-0.25, -0.2) is 0 Å². The van der Waals surface area contributed by atoms with Crippen molar-refractivity contribution in [2.24, 2.45) is 0 Å². The number of ketones is 1. The van der Waals surface area contributed by atoms with Crippen molar-refractivity contribution in [2.45, 2.75) is 32.7 Å². The SMILES string of the molecule is CCCCn1c(C(=O)c2ccc(Cl)cc2Cl)cc2c1CC(=O)O2. The molecule has 0 atom stereocenters. The van der Waals surface area contributed by atoms with Gasteiger partial charge in [0.15, 0.2) is 5.75 Å². The van der Waals surface area contributed by atoms with Gasteiger partial charge >= 0.3 is 5.97 Å². The summed E-state index contributed by atoms with van der Waals surface area (Å²) in [5.41, 5.74) is 1.63. The van der Waals surface area contributed by atoms with Crippen LogP contribution in [0.5, 0.6) is 5.75 Å². The number of halogens is 2. The highest BCUT2D eigenvalue weighted by Crippen LogP contribution is 2.33. The lowest BCUT2D eigenvalue weighted by Crippen LogP contribution is -2.14. The monoisotopic (exact) mass is 351 g/mol.